The van der Waals surface area contributed by atoms with E-state index in [1.54, 1.807) is 0 Å². The van der Waals surface area contributed by atoms with Gasteiger partial charge in [0.05, 0.1) is 6.04 Å². The van der Waals surface area contributed by atoms with Crippen LogP contribution < -0.4 is 15.5 Å². The van der Waals surface area contributed by atoms with Gasteiger partial charge in [-0.05, 0) is 38.5 Å². The number of anilines is 2. The lowest BCUT2D eigenvalue weighted by atomic mass is 9.95. The molecule has 2 N–H and O–H groups in total. The molecule has 2 atom stereocenters. The number of carbonyl (C=O) groups is 1. The van der Waals surface area contributed by atoms with Crippen molar-refractivity contribution in [2.24, 2.45) is 17.8 Å². The lowest BCUT2D eigenvalue weighted by Gasteiger charge is -2.25. The number of hydrogen-bond acceptors (Lipinski definition) is 6. The molecule has 4 rings (SSSR count). The van der Waals surface area contributed by atoms with Gasteiger partial charge in [-0.25, -0.2) is 4.98 Å². The molecule has 8 heteroatoms. The first kappa shape index (κ1) is 20.1. The molecule has 3 fully saturated rings. The molecule has 1 aliphatic carbocycles. The van der Waals surface area contributed by atoms with E-state index in [0.717, 1.165) is 49.3 Å². The predicted molar refractivity (Wildman–Crippen MR) is 107 cm³/mol. The molecular formula is C19H30ClN5O2. The molecule has 0 bridgehead atoms. The monoisotopic (exact) mass is 395 g/mol. The van der Waals surface area contributed by atoms with Crippen molar-refractivity contribution in [1.29, 1.82) is 0 Å². The van der Waals surface area contributed by atoms with Crippen LogP contribution in [0.5, 0.6) is 0 Å². The number of halogens is 1. The third kappa shape index (κ3) is 4.63. The van der Waals surface area contributed by atoms with Gasteiger partial charge in [0.15, 0.2) is 0 Å². The van der Waals surface area contributed by atoms with Crippen molar-refractivity contribution in [1.82, 2.24) is 15.3 Å². The third-order valence-electron chi connectivity index (χ3n) is 5.89. The number of nitrogens with one attached hydrogen (secondary N) is 2. The summed E-state index contributed by atoms with van der Waals surface area (Å²) in [5.41, 5.74) is 0.956. The minimum absolute atomic E-state index is 0. The number of aromatic nitrogens is 2. The smallest absolute Gasteiger partial charge is 0.227 e. The molecule has 2 saturated heterocycles. The second kappa shape index (κ2) is 8.61. The third-order valence-corrected chi connectivity index (χ3v) is 5.89. The van der Waals surface area contributed by atoms with Crippen molar-refractivity contribution in [2.45, 2.75) is 38.6 Å². The zero-order valence-electron chi connectivity index (χ0n) is 16.1. The van der Waals surface area contributed by atoms with Crippen LogP contribution in [-0.2, 0) is 9.53 Å². The fraction of sp³-hybridized carbons (Fsp3) is 0.737. The van der Waals surface area contributed by atoms with Crippen molar-refractivity contribution in [3.8, 4) is 0 Å². The van der Waals surface area contributed by atoms with Gasteiger partial charge in [0.25, 0.3) is 0 Å². The van der Waals surface area contributed by atoms with Crippen LogP contribution in [0, 0.1) is 24.7 Å². The van der Waals surface area contributed by atoms with Crippen molar-refractivity contribution in [3.05, 3.63) is 11.8 Å². The molecule has 0 radical (unpaired) electrons. The van der Waals surface area contributed by atoms with Crippen LogP contribution in [0.2, 0.25) is 0 Å². The molecule has 1 aromatic rings. The predicted octanol–water partition coefficient (Wildman–Crippen LogP) is 2.01. The van der Waals surface area contributed by atoms with Gasteiger partial charge in [-0.2, -0.15) is 4.98 Å². The largest absolute Gasteiger partial charge is 0.381 e. The molecule has 1 amide bonds. The topological polar surface area (TPSA) is 79.4 Å². The minimum atomic E-state index is 0. The first-order chi connectivity index (χ1) is 12.6. The normalized spacial score (nSPS) is 25.8. The Labute approximate surface area is 167 Å². The number of carbonyl (C=O) groups excluding carboxylic acids is 1. The number of ether oxygens (including phenoxy) is 1. The van der Waals surface area contributed by atoms with Crippen LogP contribution in [-0.4, -0.2) is 55.3 Å². The maximum atomic E-state index is 12.7. The van der Waals surface area contributed by atoms with Gasteiger partial charge in [0.1, 0.15) is 5.82 Å². The minimum Gasteiger partial charge on any atom is -0.381 e. The lowest BCUT2D eigenvalue weighted by molar-refractivity contribution is -0.128. The summed E-state index contributed by atoms with van der Waals surface area (Å²) in [6.07, 6.45) is 4.23. The molecule has 7 nitrogen and oxygen atoms in total. The van der Waals surface area contributed by atoms with E-state index in [4.69, 9.17) is 4.74 Å². The standard InChI is InChI=1S/C19H29N5O2.ClH/c1-12-9-17(20-2)23-19(21-12)24-10-15(13-3-4-13)16(11-24)22-18(25)14-5-7-26-8-6-14;/h9,13-16H,3-8,10-11H2,1-2H3,(H,22,25)(H,20,21,23);1H/t15-,16+;/m1./s1. The number of nitrogens with zero attached hydrogens (tertiary/aromatic N) is 3. The quantitative estimate of drug-likeness (QED) is 0.793. The average Bonchev–Trinajstić information content (AvgIpc) is 3.42. The number of amides is 1. The van der Waals surface area contributed by atoms with Gasteiger partial charge in [0.2, 0.25) is 11.9 Å². The first-order valence-electron chi connectivity index (χ1n) is 9.80. The first-order valence-corrected chi connectivity index (χ1v) is 9.80. The maximum Gasteiger partial charge on any atom is 0.227 e. The Morgan fingerprint density at radius 3 is 2.59 bits per heavy atom. The number of aryl methyl sites for hydroxylation is 1. The van der Waals surface area contributed by atoms with E-state index < -0.39 is 0 Å². The molecule has 0 spiro atoms. The van der Waals surface area contributed by atoms with Gasteiger partial charge >= 0.3 is 0 Å². The Kier molecular flexibility index (Phi) is 6.42. The van der Waals surface area contributed by atoms with Crippen LogP contribution in [0.1, 0.15) is 31.4 Å². The van der Waals surface area contributed by atoms with Crippen molar-refractivity contribution in [3.63, 3.8) is 0 Å². The highest BCUT2D eigenvalue weighted by molar-refractivity contribution is 5.85. The van der Waals surface area contributed by atoms with Gasteiger partial charge in [-0.15, -0.1) is 12.4 Å². The van der Waals surface area contributed by atoms with E-state index >= 15 is 0 Å². The van der Waals surface area contributed by atoms with Crippen molar-refractivity contribution < 1.29 is 9.53 Å². The van der Waals surface area contributed by atoms with Gasteiger partial charge in [-0.3, -0.25) is 4.79 Å². The Hall–Kier alpha value is -1.60. The molecule has 150 valence electrons. The molecule has 0 aromatic carbocycles. The molecule has 1 aromatic heterocycles. The Morgan fingerprint density at radius 2 is 1.93 bits per heavy atom. The van der Waals surface area contributed by atoms with Crippen LogP contribution in [0.3, 0.4) is 0 Å². The van der Waals surface area contributed by atoms with Crippen LogP contribution in [0.15, 0.2) is 6.07 Å². The van der Waals surface area contributed by atoms with E-state index in [9.17, 15) is 4.79 Å². The highest BCUT2D eigenvalue weighted by atomic mass is 35.5. The fourth-order valence-electron chi connectivity index (χ4n) is 4.23. The van der Waals surface area contributed by atoms with Crippen LogP contribution in [0.4, 0.5) is 11.8 Å². The van der Waals surface area contributed by atoms with Gasteiger partial charge < -0.3 is 20.3 Å². The van der Waals surface area contributed by atoms with Crippen LogP contribution in [0.25, 0.3) is 0 Å². The molecule has 2 aliphatic heterocycles. The zero-order chi connectivity index (χ0) is 18.1. The summed E-state index contributed by atoms with van der Waals surface area (Å²) in [6, 6.07) is 2.14. The number of rotatable bonds is 5. The van der Waals surface area contributed by atoms with Gasteiger partial charge in [-0.1, -0.05) is 0 Å². The SMILES string of the molecule is CNc1cc(C)nc(N2C[C@H](NC(=O)C3CCOCC3)[C@@H](C3CC3)C2)n1.Cl. The summed E-state index contributed by atoms with van der Waals surface area (Å²) in [4.78, 5) is 24.2. The van der Waals surface area contributed by atoms with E-state index in [2.05, 4.69) is 25.5 Å². The maximum absolute atomic E-state index is 12.7. The van der Waals surface area contributed by atoms with Crippen molar-refractivity contribution in [2.75, 3.05) is 43.6 Å². The number of hydrogen-bond donors (Lipinski definition) is 2. The summed E-state index contributed by atoms with van der Waals surface area (Å²) in [5.74, 6) is 3.14. The highest BCUT2D eigenvalue weighted by Gasteiger charge is 2.44. The van der Waals surface area contributed by atoms with E-state index in [1.165, 1.54) is 12.8 Å². The molecule has 3 heterocycles. The molecule has 0 unspecified atom stereocenters. The molecule has 3 aliphatic rings. The lowest BCUT2D eigenvalue weighted by Crippen LogP contribution is -2.45. The zero-order valence-corrected chi connectivity index (χ0v) is 16.9. The summed E-state index contributed by atoms with van der Waals surface area (Å²) in [7, 11) is 1.87. The summed E-state index contributed by atoms with van der Waals surface area (Å²) in [6.45, 7) is 5.11. The highest BCUT2D eigenvalue weighted by Crippen LogP contribution is 2.42. The summed E-state index contributed by atoms with van der Waals surface area (Å²) < 4.78 is 5.39. The Bertz CT molecular complexity index is 664. The Morgan fingerprint density at radius 1 is 1.19 bits per heavy atom. The second-order valence-corrected chi connectivity index (χ2v) is 7.85. The summed E-state index contributed by atoms with van der Waals surface area (Å²) >= 11 is 0. The molecule has 27 heavy (non-hydrogen) atoms. The van der Waals surface area contributed by atoms with E-state index in [1.807, 2.05) is 20.0 Å². The van der Waals surface area contributed by atoms with E-state index in [-0.39, 0.29) is 30.3 Å². The van der Waals surface area contributed by atoms with Crippen LogP contribution >= 0.6 is 12.4 Å². The fourth-order valence-corrected chi connectivity index (χ4v) is 4.23. The summed E-state index contributed by atoms with van der Waals surface area (Å²) in [5, 5.41) is 6.46. The average molecular weight is 396 g/mol. The second-order valence-electron chi connectivity index (χ2n) is 7.85. The Balaban J connectivity index is 0.00000210. The molecular weight excluding hydrogens is 366 g/mol. The molecule has 1 saturated carbocycles. The van der Waals surface area contributed by atoms with Gasteiger partial charge in [0, 0.05) is 56.9 Å². The van der Waals surface area contributed by atoms with E-state index in [0.29, 0.717) is 19.1 Å². The van der Waals surface area contributed by atoms with Crippen molar-refractivity contribution >= 4 is 30.1 Å².